The lowest BCUT2D eigenvalue weighted by Crippen LogP contribution is -2.12. The molecule has 0 atom stereocenters. The van der Waals surface area contributed by atoms with E-state index in [0.29, 0.717) is 17.0 Å². The molecule has 2 aromatic carbocycles. The third-order valence-electron chi connectivity index (χ3n) is 3.23. The van der Waals surface area contributed by atoms with Crippen LogP contribution in [-0.4, -0.2) is 18.0 Å². The molecular formula is C16H13BrN2O2. The van der Waals surface area contributed by atoms with Gasteiger partial charge in [-0.1, -0.05) is 22.0 Å². The van der Waals surface area contributed by atoms with Crippen molar-refractivity contribution in [3.8, 4) is 5.75 Å². The lowest BCUT2D eigenvalue weighted by atomic mass is 10.1. The van der Waals surface area contributed by atoms with Crippen molar-refractivity contribution in [2.24, 2.45) is 0 Å². The summed E-state index contributed by atoms with van der Waals surface area (Å²) >= 11 is 3.39. The molecule has 5 heteroatoms. The summed E-state index contributed by atoms with van der Waals surface area (Å²) in [6, 6.07) is 13.0. The number of hydrogen-bond donors (Lipinski definition) is 2. The molecule has 0 aliphatic rings. The first-order valence-corrected chi connectivity index (χ1v) is 7.19. The number of anilines is 1. The first kappa shape index (κ1) is 13.7. The van der Waals surface area contributed by atoms with Crippen LogP contribution in [0.2, 0.25) is 0 Å². The van der Waals surface area contributed by atoms with Gasteiger partial charge in [-0.2, -0.15) is 0 Å². The number of fused-ring (bicyclic) bond motifs is 1. The van der Waals surface area contributed by atoms with Gasteiger partial charge in [0.1, 0.15) is 5.75 Å². The van der Waals surface area contributed by atoms with E-state index < -0.39 is 0 Å². The van der Waals surface area contributed by atoms with Crippen molar-refractivity contribution in [1.29, 1.82) is 0 Å². The van der Waals surface area contributed by atoms with Crippen LogP contribution >= 0.6 is 15.9 Å². The number of benzene rings is 2. The number of amides is 1. The number of ether oxygens (including phenoxy) is 1. The van der Waals surface area contributed by atoms with Crippen LogP contribution in [-0.2, 0) is 0 Å². The number of aromatic amines is 1. The van der Waals surface area contributed by atoms with Gasteiger partial charge in [-0.15, -0.1) is 0 Å². The van der Waals surface area contributed by atoms with Crippen molar-refractivity contribution in [3.05, 3.63) is 58.7 Å². The first-order valence-electron chi connectivity index (χ1n) is 6.39. The van der Waals surface area contributed by atoms with Crippen molar-refractivity contribution in [2.45, 2.75) is 0 Å². The van der Waals surface area contributed by atoms with Gasteiger partial charge in [0.15, 0.2) is 0 Å². The number of carbonyl (C=O) groups excluding carboxylic acids is 1. The predicted octanol–water partition coefficient (Wildman–Crippen LogP) is 4.19. The van der Waals surface area contributed by atoms with Gasteiger partial charge in [0, 0.05) is 21.7 Å². The third-order valence-corrected chi connectivity index (χ3v) is 3.72. The van der Waals surface area contributed by atoms with Crippen molar-refractivity contribution in [3.63, 3.8) is 0 Å². The summed E-state index contributed by atoms with van der Waals surface area (Å²) in [5.41, 5.74) is 2.15. The SMILES string of the molecule is COc1ccc(Br)cc1NC(=O)c1ccc2cc[nH]c2c1. The molecule has 3 aromatic rings. The number of H-pyrrole nitrogens is 1. The lowest BCUT2D eigenvalue weighted by molar-refractivity contribution is 0.102. The molecule has 0 fully saturated rings. The van der Waals surface area contributed by atoms with Crippen LogP contribution in [0.4, 0.5) is 5.69 Å². The highest BCUT2D eigenvalue weighted by atomic mass is 79.9. The zero-order valence-electron chi connectivity index (χ0n) is 11.3. The Hall–Kier alpha value is -2.27. The standard InChI is InChI=1S/C16H13BrN2O2/c1-21-15-5-4-12(17)9-14(15)19-16(20)11-3-2-10-6-7-18-13(10)8-11/h2-9,18H,1H3,(H,19,20). The molecule has 21 heavy (non-hydrogen) atoms. The van der Waals surface area contributed by atoms with E-state index >= 15 is 0 Å². The first-order chi connectivity index (χ1) is 10.2. The summed E-state index contributed by atoms with van der Waals surface area (Å²) in [4.78, 5) is 15.5. The van der Waals surface area contributed by atoms with Gasteiger partial charge < -0.3 is 15.0 Å². The molecule has 1 aromatic heterocycles. The Morgan fingerprint density at radius 3 is 2.86 bits per heavy atom. The number of hydrogen-bond acceptors (Lipinski definition) is 2. The zero-order chi connectivity index (χ0) is 14.8. The molecule has 2 N–H and O–H groups in total. The van der Waals surface area contributed by atoms with Crippen molar-refractivity contribution < 1.29 is 9.53 Å². The average Bonchev–Trinajstić information content (AvgIpc) is 2.94. The maximum atomic E-state index is 12.4. The summed E-state index contributed by atoms with van der Waals surface area (Å²) in [7, 11) is 1.57. The van der Waals surface area contributed by atoms with Gasteiger partial charge in [-0.3, -0.25) is 4.79 Å². The van der Waals surface area contributed by atoms with Gasteiger partial charge >= 0.3 is 0 Å². The molecule has 0 aliphatic heterocycles. The predicted molar refractivity (Wildman–Crippen MR) is 86.9 cm³/mol. The van der Waals surface area contributed by atoms with E-state index in [4.69, 9.17) is 4.74 Å². The monoisotopic (exact) mass is 344 g/mol. The molecule has 0 bridgehead atoms. The van der Waals surface area contributed by atoms with Crippen LogP contribution in [0.1, 0.15) is 10.4 Å². The molecule has 3 rings (SSSR count). The van der Waals surface area contributed by atoms with Crippen LogP contribution in [0.15, 0.2) is 53.1 Å². The van der Waals surface area contributed by atoms with E-state index in [1.54, 1.807) is 19.2 Å². The number of rotatable bonds is 3. The Morgan fingerprint density at radius 2 is 2.05 bits per heavy atom. The zero-order valence-corrected chi connectivity index (χ0v) is 12.9. The second-order valence-electron chi connectivity index (χ2n) is 4.58. The maximum absolute atomic E-state index is 12.4. The summed E-state index contributed by atoms with van der Waals surface area (Å²) in [5.74, 6) is 0.440. The lowest BCUT2D eigenvalue weighted by Gasteiger charge is -2.10. The fraction of sp³-hybridized carbons (Fsp3) is 0.0625. The smallest absolute Gasteiger partial charge is 0.255 e. The number of carbonyl (C=O) groups is 1. The van der Waals surface area contributed by atoms with Crippen LogP contribution in [0.5, 0.6) is 5.75 Å². The largest absolute Gasteiger partial charge is 0.495 e. The van der Waals surface area contributed by atoms with Gasteiger partial charge in [0.25, 0.3) is 5.91 Å². The molecule has 0 saturated carbocycles. The minimum absolute atomic E-state index is 0.178. The summed E-state index contributed by atoms with van der Waals surface area (Å²) in [6.45, 7) is 0. The van der Waals surface area contributed by atoms with Crippen molar-refractivity contribution in [1.82, 2.24) is 4.98 Å². The summed E-state index contributed by atoms with van der Waals surface area (Å²) < 4.78 is 6.13. The minimum atomic E-state index is -0.178. The molecule has 0 spiro atoms. The molecule has 0 unspecified atom stereocenters. The molecule has 1 amide bonds. The quantitative estimate of drug-likeness (QED) is 0.748. The molecule has 1 heterocycles. The van der Waals surface area contributed by atoms with Crippen LogP contribution in [0, 0.1) is 0 Å². The Kier molecular flexibility index (Phi) is 3.66. The Labute approximate surface area is 130 Å². The average molecular weight is 345 g/mol. The molecule has 0 radical (unpaired) electrons. The normalized spacial score (nSPS) is 10.6. The molecule has 0 aliphatic carbocycles. The third kappa shape index (κ3) is 2.78. The van der Waals surface area contributed by atoms with Crippen LogP contribution in [0.3, 0.4) is 0 Å². The second-order valence-corrected chi connectivity index (χ2v) is 5.49. The van der Waals surface area contributed by atoms with Crippen molar-refractivity contribution in [2.75, 3.05) is 12.4 Å². The highest BCUT2D eigenvalue weighted by molar-refractivity contribution is 9.10. The number of nitrogens with one attached hydrogen (secondary N) is 2. The van der Waals surface area contributed by atoms with Crippen LogP contribution in [0.25, 0.3) is 10.9 Å². The van der Waals surface area contributed by atoms with Gasteiger partial charge in [-0.25, -0.2) is 0 Å². The highest BCUT2D eigenvalue weighted by Crippen LogP contribution is 2.28. The van der Waals surface area contributed by atoms with Crippen molar-refractivity contribution >= 4 is 38.4 Å². The summed E-state index contributed by atoms with van der Waals surface area (Å²) in [5, 5.41) is 3.94. The Bertz CT molecular complexity index is 811. The number of methoxy groups -OCH3 is 1. The Morgan fingerprint density at radius 1 is 1.19 bits per heavy atom. The number of halogens is 1. The fourth-order valence-corrected chi connectivity index (χ4v) is 2.52. The van der Waals surface area contributed by atoms with Gasteiger partial charge in [0.2, 0.25) is 0 Å². The molecule has 4 nitrogen and oxygen atoms in total. The summed E-state index contributed by atoms with van der Waals surface area (Å²) in [6.07, 6.45) is 1.85. The van der Waals surface area contributed by atoms with E-state index in [-0.39, 0.29) is 5.91 Å². The molecular weight excluding hydrogens is 332 g/mol. The maximum Gasteiger partial charge on any atom is 0.255 e. The highest BCUT2D eigenvalue weighted by Gasteiger charge is 2.11. The second kappa shape index (κ2) is 5.61. The van der Waals surface area contributed by atoms with E-state index in [2.05, 4.69) is 26.2 Å². The van der Waals surface area contributed by atoms with E-state index in [1.807, 2.05) is 36.5 Å². The number of aromatic nitrogens is 1. The topological polar surface area (TPSA) is 54.1 Å². The molecule has 0 saturated heterocycles. The Balaban J connectivity index is 1.90. The van der Waals surface area contributed by atoms with E-state index in [0.717, 1.165) is 15.4 Å². The van der Waals surface area contributed by atoms with E-state index in [1.165, 1.54) is 0 Å². The molecule has 106 valence electrons. The fourth-order valence-electron chi connectivity index (χ4n) is 2.16. The van der Waals surface area contributed by atoms with Crippen LogP contribution < -0.4 is 10.1 Å². The minimum Gasteiger partial charge on any atom is -0.495 e. The van der Waals surface area contributed by atoms with Gasteiger partial charge in [0.05, 0.1) is 12.8 Å². The van der Waals surface area contributed by atoms with Gasteiger partial charge in [-0.05, 0) is 41.8 Å². The van der Waals surface area contributed by atoms with E-state index in [9.17, 15) is 4.79 Å².